The van der Waals surface area contributed by atoms with Crippen LogP contribution in [0.1, 0.15) is 69.2 Å². The van der Waals surface area contributed by atoms with Crippen molar-refractivity contribution in [1.29, 1.82) is 0 Å². The molecule has 0 saturated carbocycles. The van der Waals surface area contributed by atoms with Crippen LogP contribution in [-0.4, -0.2) is 0 Å². The molecule has 2 aliphatic carbocycles. The van der Waals surface area contributed by atoms with E-state index in [4.69, 9.17) is 0 Å². The van der Waals surface area contributed by atoms with E-state index in [-0.39, 0.29) is 5.41 Å². The lowest BCUT2D eigenvalue weighted by molar-refractivity contribution is 0.645. The lowest BCUT2D eigenvalue weighted by Crippen LogP contribution is -2.15. The van der Waals surface area contributed by atoms with Gasteiger partial charge in [0.05, 0.1) is 0 Å². The summed E-state index contributed by atoms with van der Waals surface area (Å²) in [4.78, 5) is 0. The Bertz CT molecular complexity index is 2620. The summed E-state index contributed by atoms with van der Waals surface area (Å²) in [6.45, 7) is 9.39. The van der Waals surface area contributed by atoms with Gasteiger partial charge in [0.1, 0.15) is 0 Å². The average molecular weight is 663 g/mol. The third-order valence-corrected chi connectivity index (χ3v) is 12.5. The van der Waals surface area contributed by atoms with Crippen LogP contribution in [0.4, 0.5) is 0 Å². The lowest BCUT2D eigenvalue weighted by atomic mass is 9.81. The van der Waals surface area contributed by atoms with Crippen LogP contribution in [0.5, 0.6) is 0 Å². The van der Waals surface area contributed by atoms with Gasteiger partial charge in [-0.15, -0.1) is 11.3 Å². The van der Waals surface area contributed by atoms with Gasteiger partial charge in [0.25, 0.3) is 0 Å². The first-order chi connectivity index (χ1) is 24.4. The first kappa shape index (κ1) is 31.0. The summed E-state index contributed by atoms with van der Waals surface area (Å²) in [5.74, 6) is 0. The molecule has 0 aliphatic heterocycles. The number of rotatable bonds is 4. The molecule has 1 aromatic heterocycles. The summed E-state index contributed by atoms with van der Waals surface area (Å²) in [6.07, 6.45) is 18.7. The average Bonchev–Trinajstić information content (AvgIpc) is 3.62. The summed E-state index contributed by atoms with van der Waals surface area (Å²) in [5, 5.41) is 10.7. The Labute approximate surface area is 299 Å². The maximum Gasteiger partial charge on any atom is 0.0361 e. The molecule has 0 nitrogen and oxygen atoms in total. The molecule has 7 aromatic rings. The first-order valence-electron chi connectivity index (χ1n) is 18.1. The summed E-state index contributed by atoms with van der Waals surface area (Å²) in [7, 11) is 0. The van der Waals surface area contributed by atoms with Crippen LogP contribution in [0.3, 0.4) is 0 Å². The predicted octanol–water partition coefficient (Wildman–Crippen LogP) is 14.4. The van der Waals surface area contributed by atoms with Crippen LogP contribution >= 0.6 is 11.3 Å². The molecule has 0 saturated heterocycles. The summed E-state index contributed by atoms with van der Waals surface area (Å²) >= 11 is 1.90. The number of allylic oxidation sites excluding steroid dienone is 10. The fourth-order valence-electron chi connectivity index (χ4n) is 8.65. The van der Waals surface area contributed by atoms with Crippen LogP contribution in [0.15, 0.2) is 145 Å². The minimum Gasteiger partial charge on any atom is -0.135 e. The van der Waals surface area contributed by atoms with E-state index in [0.717, 1.165) is 12.8 Å². The molecule has 0 unspecified atom stereocenters. The quantitative estimate of drug-likeness (QED) is 0.165. The largest absolute Gasteiger partial charge is 0.135 e. The normalized spacial score (nSPS) is 18.1. The van der Waals surface area contributed by atoms with E-state index in [1.807, 2.05) is 11.3 Å². The Morgan fingerprint density at radius 3 is 1.88 bits per heavy atom. The Hall–Kier alpha value is -4.98. The fraction of sp³-hybridized carbons (Fsp3) is 0.184. The van der Waals surface area contributed by atoms with Gasteiger partial charge in [-0.3, -0.25) is 0 Å². The third-order valence-electron chi connectivity index (χ3n) is 11.4. The molecule has 0 spiro atoms. The molecule has 6 aromatic carbocycles. The second-order valence-corrected chi connectivity index (χ2v) is 16.0. The molecule has 0 amide bonds. The van der Waals surface area contributed by atoms with Crippen molar-refractivity contribution < 1.29 is 0 Å². The number of hydrogen-bond acceptors (Lipinski definition) is 1. The highest BCUT2D eigenvalue weighted by atomic mass is 32.1. The van der Waals surface area contributed by atoms with Gasteiger partial charge in [-0.2, -0.15) is 0 Å². The summed E-state index contributed by atoms with van der Waals surface area (Å²) in [6, 6.07) is 36.6. The zero-order valence-electron chi connectivity index (χ0n) is 29.4. The van der Waals surface area contributed by atoms with Crippen molar-refractivity contribution in [3.8, 4) is 0 Å². The van der Waals surface area contributed by atoms with E-state index in [2.05, 4.69) is 161 Å². The van der Waals surface area contributed by atoms with Crippen LogP contribution in [-0.2, 0) is 11.8 Å². The molecule has 50 heavy (non-hydrogen) atoms. The van der Waals surface area contributed by atoms with Gasteiger partial charge in [0, 0.05) is 25.6 Å². The van der Waals surface area contributed by atoms with Gasteiger partial charge >= 0.3 is 0 Å². The van der Waals surface area contributed by atoms with Gasteiger partial charge in [-0.05, 0) is 135 Å². The van der Waals surface area contributed by atoms with E-state index in [1.54, 1.807) is 0 Å². The standard InChI is InChI=1S/C49H42S/c1-31(22-24-33-14-6-5-7-15-33)47-39-17-8-10-19-41(39)48(42-20-11-9-18-40(42)47)32(2)23-25-37-27-36-26-34-28-43-38-16-12-13-21-45(38)50-46(43)30-35(34)29-44(36)49(37,3)4/h6,8-14,16-26,28-30H,5,7,15,27H2,1-4H3/b31-22+,32-23+,33-24-,37-25+. The Morgan fingerprint density at radius 2 is 1.24 bits per heavy atom. The summed E-state index contributed by atoms with van der Waals surface area (Å²) < 4.78 is 2.74. The Morgan fingerprint density at radius 1 is 0.640 bits per heavy atom. The van der Waals surface area contributed by atoms with Crippen molar-refractivity contribution in [2.45, 2.75) is 58.8 Å². The van der Waals surface area contributed by atoms with E-state index in [9.17, 15) is 0 Å². The zero-order valence-corrected chi connectivity index (χ0v) is 30.3. The van der Waals surface area contributed by atoms with Crippen molar-refractivity contribution >= 4 is 75.0 Å². The maximum absolute atomic E-state index is 2.47. The van der Waals surface area contributed by atoms with Gasteiger partial charge in [0.15, 0.2) is 0 Å². The molecule has 0 fully saturated rings. The maximum atomic E-state index is 2.47. The molecule has 9 rings (SSSR count). The van der Waals surface area contributed by atoms with E-state index >= 15 is 0 Å². The van der Waals surface area contributed by atoms with Crippen LogP contribution in [0.25, 0.3) is 63.6 Å². The topological polar surface area (TPSA) is 0 Å². The Kier molecular flexibility index (Phi) is 7.52. The molecule has 1 heterocycles. The highest BCUT2D eigenvalue weighted by molar-refractivity contribution is 7.25. The smallest absolute Gasteiger partial charge is 0.0361 e. The van der Waals surface area contributed by atoms with Crippen molar-refractivity contribution in [2.24, 2.45) is 0 Å². The van der Waals surface area contributed by atoms with Gasteiger partial charge in [-0.1, -0.05) is 129 Å². The highest BCUT2D eigenvalue weighted by Crippen LogP contribution is 2.46. The predicted molar refractivity (Wildman–Crippen MR) is 221 cm³/mol. The minimum absolute atomic E-state index is 0.0344. The van der Waals surface area contributed by atoms with E-state index < -0.39 is 0 Å². The molecule has 244 valence electrons. The molecular formula is C49H42S. The zero-order chi connectivity index (χ0) is 34.0. The molecule has 2 aliphatic rings. The number of benzene rings is 6. The molecule has 0 radical (unpaired) electrons. The minimum atomic E-state index is -0.0344. The van der Waals surface area contributed by atoms with Crippen LogP contribution in [0.2, 0.25) is 0 Å². The molecule has 0 bridgehead atoms. The van der Waals surface area contributed by atoms with Crippen molar-refractivity contribution in [3.63, 3.8) is 0 Å². The lowest BCUT2D eigenvalue weighted by Gasteiger charge is -2.22. The van der Waals surface area contributed by atoms with E-state index in [1.165, 1.54) is 110 Å². The van der Waals surface area contributed by atoms with Gasteiger partial charge in [0.2, 0.25) is 0 Å². The SMILES string of the molecule is C/C(=C\C=C1\C=CCCC1)c1c2ccccc2c(/C(C)=C/C=C2\Cc3cc4cc5c(cc4cc3C2(C)C)sc2ccccc25)c2ccccc12. The molecule has 1 heteroatoms. The highest BCUT2D eigenvalue weighted by Gasteiger charge is 2.34. The first-order valence-corrected chi connectivity index (χ1v) is 18.9. The van der Waals surface area contributed by atoms with Crippen LogP contribution < -0.4 is 0 Å². The van der Waals surface area contributed by atoms with Crippen molar-refractivity contribution in [1.82, 2.24) is 0 Å². The second kappa shape index (κ2) is 12.1. The third kappa shape index (κ3) is 5.10. The molecular weight excluding hydrogens is 621 g/mol. The van der Waals surface area contributed by atoms with Crippen LogP contribution in [0, 0.1) is 0 Å². The number of fused-ring (bicyclic) bond motifs is 7. The van der Waals surface area contributed by atoms with Crippen molar-refractivity contribution in [2.75, 3.05) is 0 Å². The fourth-order valence-corrected chi connectivity index (χ4v) is 9.78. The van der Waals surface area contributed by atoms with Gasteiger partial charge < -0.3 is 0 Å². The van der Waals surface area contributed by atoms with Crippen molar-refractivity contribution in [3.05, 3.63) is 167 Å². The Balaban J connectivity index is 1.13. The second-order valence-electron chi connectivity index (χ2n) is 14.9. The monoisotopic (exact) mass is 662 g/mol. The number of hydrogen-bond donors (Lipinski definition) is 0. The number of thiophene rings is 1. The van der Waals surface area contributed by atoms with Gasteiger partial charge in [-0.25, -0.2) is 0 Å². The summed E-state index contributed by atoms with van der Waals surface area (Å²) in [5.41, 5.74) is 11.1. The molecule has 0 N–H and O–H groups in total. The van der Waals surface area contributed by atoms with E-state index in [0.29, 0.717) is 0 Å². The molecule has 0 atom stereocenters.